The van der Waals surface area contributed by atoms with Crippen molar-refractivity contribution in [3.05, 3.63) is 72.4 Å². The number of rotatable bonds is 5. The predicted octanol–water partition coefficient (Wildman–Crippen LogP) is 5.19. The maximum Gasteiger partial charge on any atom is 0.256 e. The van der Waals surface area contributed by atoms with Gasteiger partial charge in [-0.25, -0.2) is 9.97 Å². The van der Waals surface area contributed by atoms with Gasteiger partial charge in [0.1, 0.15) is 17.4 Å². The van der Waals surface area contributed by atoms with Gasteiger partial charge in [-0.1, -0.05) is 54.2 Å². The predicted molar refractivity (Wildman–Crippen MR) is 109 cm³/mol. The fourth-order valence-electron chi connectivity index (χ4n) is 2.76. The van der Waals surface area contributed by atoms with Crippen molar-refractivity contribution in [3.8, 4) is 17.4 Å². The monoisotopic (exact) mass is 388 g/mol. The third-order valence-corrected chi connectivity index (χ3v) is 5.17. The Kier molecular flexibility index (Phi) is 4.87. The molecular weight excluding hydrogens is 372 g/mol. The molecule has 0 aliphatic heterocycles. The minimum absolute atomic E-state index is 0.0778. The summed E-state index contributed by atoms with van der Waals surface area (Å²) >= 11 is 1.23. The van der Waals surface area contributed by atoms with E-state index in [2.05, 4.69) is 15.0 Å². The Morgan fingerprint density at radius 2 is 1.93 bits per heavy atom. The van der Waals surface area contributed by atoms with Gasteiger partial charge in [-0.15, -0.1) is 0 Å². The van der Waals surface area contributed by atoms with E-state index in [1.54, 1.807) is 13.1 Å². The number of aliphatic hydroxyl groups is 1. The zero-order valence-corrected chi connectivity index (χ0v) is 15.8. The number of aromatic nitrogens is 3. The molecule has 0 amide bonds. The molecule has 4 rings (SSSR count). The van der Waals surface area contributed by atoms with E-state index >= 15 is 0 Å². The van der Waals surface area contributed by atoms with Crippen molar-refractivity contribution in [1.82, 2.24) is 15.0 Å². The van der Waals surface area contributed by atoms with Crippen molar-refractivity contribution in [2.24, 2.45) is 0 Å². The molecule has 0 saturated carbocycles. The molecule has 0 spiro atoms. The van der Waals surface area contributed by atoms with Crippen LogP contribution in [-0.2, 0) is 0 Å². The number of nitrogens with zero attached hydrogens (tertiary/aromatic N) is 3. The summed E-state index contributed by atoms with van der Waals surface area (Å²) in [5.74, 6) is 0.911. The smallest absolute Gasteiger partial charge is 0.256 e. The van der Waals surface area contributed by atoms with E-state index in [0.29, 0.717) is 16.8 Å². The van der Waals surface area contributed by atoms with Gasteiger partial charge in [0.05, 0.1) is 22.5 Å². The number of aromatic amines is 1. The van der Waals surface area contributed by atoms with Crippen LogP contribution < -0.4 is 0 Å². The number of para-hydroxylation sites is 2. The standard InChI is InChI=1S/C21H16N4O2S/c1-13(28-21-23-12-18(27-21)14-7-3-2-4-8-14)19(26)15(11-22)20-24-16-9-5-6-10-17(16)25-20/h2-10,12-13,26H,1H3,(H,24,25)/b19-15-. The van der Waals surface area contributed by atoms with Gasteiger partial charge in [-0.2, -0.15) is 5.26 Å². The van der Waals surface area contributed by atoms with Gasteiger partial charge in [0.15, 0.2) is 11.6 Å². The van der Waals surface area contributed by atoms with Crippen LogP contribution in [0.3, 0.4) is 0 Å². The number of fused-ring (bicyclic) bond motifs is 1. The van der Waals surface area contributed by atoms with E-state index in [4.69, 9.17) is 4.42 Å². The SMILES string of the molecule is CC(Sc1ncc(-c2ccccc2)o1)/C(O)=C(\C#N)c1nc2ccccc2[nH]1. The van der Waals surface area contributed by atoms with E-state index in [1.807, 2.05) is 60.7 Å². The quantitative estimate of drug-likeness (QED) is 0.277. The summed E-state index contributed by atoms with van der Waals surface area (Å²) in [6, 6.07) is 19.2. The molecule has 2 N–H and O–H groups in total. The molecule has 1 atom stereocenters. The molecular formula is C21H16N4O2S. The molecule has 0 saturated heterocycles. The van der Waals surface area contributed by atoms with Gasteiger partial charge in [-0.3, -0.25) is 0 Å². The highest BCUT2D eigenvalue weighted by molar-refractivity contribution is 7.99. The number of nitrogens with one attached hydrogen (secondary N) is 1. The normalized spacial score (nSPS) is 13.1. The highest BCUT2D eigenvalue weighted by Gasteiger charge is 2.21. The summed E-state index contributed by atoms with van der Waals surface area (Å²) in [4.78, 5) is 11.7. The largest absolute Gasteiger partial charge is 0.510 e. The van der Waals surface area contributed by atoms with E-state index in [1.165, 1.54) is 11.8 Å². The molecule has 0 bridgehead atoms. The summed E-state index contributed by atoms with van der Waals surface area (Å²) in [6.45, 7) is 1.78. The van der Waals surface area contributed by atoms with Crippen LogP contribution in [0.4, 0.5) is 0 Å². The van der Waals surface area contributed by atoms with Gasteiger partial charge in [0, 0.05) is 5.56 Å². The van der Waals surface area contributed by atoms with Crippen molar-refractivity contribution in [2.75, 3.05) is 0 Å². The Morgan fingerprint density at radius 3 is 2.68 bits per heavy atom. The Bertz CT molecular complexity index is 1150. The zero-order chi connectivity index (χ0) is 19.5. The molecule has 0 radical (unpaired) electrons. The summed E-state index contributed by atoms with van der Waals surface area (Å²) in [5, 5.41) is 20.2. The van der Waals surface area contributed by atoms with Gasteiger partial charge in [0.2, 0.25) is 0 Å². The number of benzene rings is 2. The Labute approximate surface area is 165 Å². The number of H-pyrrole nitrogens is 1. The lowest BCUT2D eigenvalue weighted by atomic mass is 10.2. The summed E-state index contributed by atoms with van der Waals surface area (Å²) in [6.07, 6.45) is 1.65. The molecule has 6 nitrogen and oxygen atoms in total. The molecule has 28 heavy (non-hydrogen) atoms. The average Bonchev–Trinajstić information content (AvgIpc) is 3.36. The second kappa shape index (κ2) is 7.62. The van der Waals surface area contributed by atoms with Crippen LogP contribution in [0.2, 0.25) is 0 Å². The minimum atomic E-state index is -0.440. The van der Waals surface area contributed by atoms with Crippen LogP contribution in [0.15, 0.2) is 76.2 Å². The first-order chi connectivity index (χ1) is 13.7. The maximum absolute atomic E-state index is 10.6. The topological polar surface area (TPSA) is 98.7 Å². The van der Waals surface area contributed by atoms with Crippen molar-refractivity contribution in [3.63, 3.8) is 0 Å². The lowest BCUT2D eigenvalue weighted by Crippen LogP contribution is -2.04. The lowest BCUT2D eigenvalue weighted by molar-refractivity contribution is 0.399. The highest BCUT2D eigenvalue weighted by Crippen LogP contribution is 2.32. The Morgan fingerprint density at radius 1 is 1.18 bits per heavy atom. The van der Waals surface area contributed by atoms with Crippen molar-refractivity contribution in [2.45, 2.75) is 17.4 Å². The van der Waals surface area contributed by atoms with E-state index in [9.17, 15) is 10.4 Å². The molecule has 138 valence electrons. The first-order valence-corrected chi connectivity index (χ1v) is 9.50. The second-order valence-corrected chi connectivity index (χ2v) is 7.38. The number of oxazole rings is 1. The first-order valence-electron chi connectivity index (χ1n) is 8.62. The molecule has 0 aliphatic carbocycles. The van der Waals surface area contributed by atoms with Crippen LogP contribution in [0, 0.1) is 11.3 Å². The Hall–Kier alpha value is -3.50. The van der Waals surface area contributed by atoms with Gasteiger partial charge in [0.25, 0.3) is 5.22 Å². The fraction of sp³-hybridized carbons (Fsp3) is 0.0952. The van der Waals surface area contributed by atoms with E-state index in [0.717, 1.165) is 16.6 Å². The lowest BCUT2D eigenvalue weighted by Gasteiger charge is -2.09. The van der Waals surface area contributed by atoms with Crippen molar-refractivity contribution in [1.29, 1.82) is 5.26 Å². The van der Waals surface area contributed by atoms with Crippen LogP contribution >= 0.6 is 11.8 Å². The zero-order valence-electron chi connectivity index (χ0n) is 15.0. The average molecular weight is 388 g/mol. The molecule has 2 heterocycles. The number of imidazole rings is 1. The van der Waals surface area contributed by atoms with Crippen molar-refractivity contribution >= 4 is 28.4 Å². The molecule has 2 aromatic heterocycles. The van der Waals surface area contributed by atoms with Gasteiger partial charge < -0.3 is 14.5 Å². The maximum atomic E-state index is 10.6. The number of nitriles is 1. The summed E-state index contributed by atoms with van der Waals surface area (Å²) in [7, 11) is 0. The number of aliphatic hydroxyl groups excluding tert-OH is 1. The molecule has 0 fully saturated rings. The first kappa shape index (κ1) is 17.9. The summed E-state index contributed by atoms with van der Waals surface area (Å²) < 4.78 is 5.77. The van der Waals surface area contributed by atoms with Crippen LogP contribution in [0.25, 0.3) is 27.9 Å². The Balaban J connectivity index is 1.58. The second-order valence-electron chi connectivity index (χ2n) is 6.09. The number of hydrogen-bond acceptors (Lipinski definition) is 6. The van der Waals surface area contributed by atoms with Crippen molar-refractivity contribution < 1.29 is 9.52 Å². The molecule has 2 aromatic carbocycles. The molecule has 0 aliphatic rings. The van der Waals surface area contributed by atoms with E-state index < -0.39 is 5.25 Å². The van der Waals surface area contributed by atoms with Crippen LogP contribution in [-0.4, -0.2) is 25.3 Å². The van der Waals surface area contributed by atoms with Crippen LogP contribution in [0.5, 0.6) is 0 Å². The number of thioether (sulfide) groups is 1. The number of hydrogen-bond donors (Lipinski definition) is 2. The summed E-state index contributed by atoms with van der Waals surface area (Å²) in [5.41, 5.74) is 2.57. The molecule has 1 unspecified atom stereocenters. The molecule has 4 aromatic rings. The number of allylic oxidation sites excluding steroid dienone is 1. The minimum Gasteiger partial charge on any atom is -0.510 e. The molecule has 7 heteroatoms. The van der Waals surface area contributed by atoms with Gasteiger partial charge in [-0.05, 0) is 19.1 Å². The van der Waals surface area contributed by atoms with Gasteiger partial charge >= 0.3 is 0 Å². The third-order valence-electron chi connectivity index (χ3n) is 4.20. The fourth-order valence-corrected chi connectivity index (χ4v) is 3.54. The third kappa shape index (κ3) is 3.50. The highest BCUT2D eigenvalue weighted by atomic mass is 32.2. The van der Waals surface area contributed by atoms with E-state index in [-0.39, 0.29) is 11.3 Å². The van der Waals surface area contributed by atoms with Crippen LogP contribution in [0.1, 0.15) is 12.7 Å².